The average Bonchev–Trinajstić information content (AvgIpc) is 2.93. The minimum Gasteiger partial charge on any atom is -0.496 e. The van der Waals surface area contributed by atoms with Crippen LogP contribution >= 0.6 is 11.3 Å². The number of carbonyl (C=O) groups is 1. The number of nitrogens with zero attached hydrogens (tertiary/aromatic N) is 1. The maximum absolute atomic E-state index is 12.8. The second kappa shape index (κ2) is 6.75. The number of halogens is 3. The topological polar surface area (TPSA) is 63.2 Å². The van der Waals surface area contributed by atoms with Gasteiger partial charge in [0.1, 0.15) is 5.75 Å². The van der Waals surface area contributed by atoms with Crippen LogP contribution in [-0.4, -0.2) is 18.0 Å². The second-order valence-corrected chi connectivity index (χ2v) is 5.14. The molecule has 2 aromatic heterocycles. The van der Waals surface area contributed by atoms with Gasteiger partial charge in [0.2, 0.25) is 0 Å². The molecule has 0 unspecified atom stereocenters. The van der Waals surface area contributed by atoms with E-state index in [9.17, 15) is 18.0 Å². The molecular formula is C13H12F3N3O2S. The largest absolute Gasteiger partial charge is 0.496 e. The van der Waals surface area contributed by atoms with E-state index in [1.54, 1.807) is 11.4 Å². The van der Waals surface area contributed by atoms with Gasteiger partial charge in [-0.25, -0.2) is 5.43 Å². The van der Waals surface area contributed by atoms with Gasteiger partial charge in [0.25, 0.3) is 5.91 Å². The highest BCUT2D eigenvalue weighted by atomic mass is 32.1. The van der Waals surface area contributed by atoms with E-state index in [1.165, 1.54) is 18.4 Å². The molecule has 0 saturated heterocycles. The van der Waals surface area contributed by atoms with Crippen LogP contribution in [0.25, 0.3) is 0 Å². The highest BCUT2D eigenvalue weighted by Gasteiger charge is 2.35. The Balaban J connectivity index is 2.02. The van der Waals surface area contributed by atoms with Crippen LogP contribution in [0.2, 0.25) is 0 Å². The number of aromatic nitrogens is 1. The second-order valence-electron chi connectivity index (χ2n) is 4.14. The molecule has 0 saturated carbocycles. The number of hydrogen-bond acceptors (Lipinski definition) is 5. The Hall–Kier alpha value is -2.13. The maximum Gasteiger partial charge on any atom is 0.417 e. The number of hydrazine groups is 1. The maximum atomic E-state index is 12.8. The summed E-state index contributed by atoms with van der Waals surface area (Å²) in [6.07, 6.45) is -2.75. The minimum atomic E-state index is -4.62. The van der Waals surface area contributed by atoms with Gasteiger partial charge < -0.3 is 4.74 Å². The van der Waals surface area contributed by atoms with Crippen molar-refractivity contribution >= 4 is 17.2 Å². The van der Waals surface area contributed by atoms with Crippen LogP contribution in [0.1, 0.15) is 20.8 Å². The van der Waals surface area contributed by atoms with Crippen molar-refractivity contribution in [3.63, 3.8) is 0 Å². The van der Waals surface area contributed by atoms with Crippen molar-refractivity contribution in [3.8, 4) is 5.75 Å². The molecule has 0 bridgehead atoms. The number of methoxy groups -OCH3 is 1. The summed E-state index contributed by atoms with van der Waals surface area (Å²) in [5.74, 6) is -0.264. The van der Waals surface area contributed by atoms with Gasteiger partial charge in [-0.2, -0.15) is 13.2 Å². The summed E-state index contributed by atoms with van der Waals surface area (Å²) >= 11 is 1.40. The molecule has 2 heterocycles. The zero-order chi connectivity index (χ0) is 16.2. The smallest absolute Gasteiger partial charge is 0.417 e. The number of rotatable bonds is 5. The van der Waals surface area contributed by atoms with E-state index in [0.29, 0.717) is 5.75 Å². The lowest BCUT2D eigenvalue weighted by Gasteiger charge is -2.12. The third-order valence-corrected chi connectivity index (χ3v) is 3.65. The summed E-state index contributed by atoms with van der Waals surface area (Å²) < 4.78 is 43.5. The molecule has 5 nitrogen and oxygen atoms in total. The van der Waals surface area contributed by atoms with Crippen LogP contribution in [0.15, 0.2) is 29.9 Å². The molecular weight excluding hydrogens is 319 g/mol. The number of thiophene rings is 1. The van der Waals surface area contributed by atoms with Gasteiger partial charge in [-0.3, -0.25) is 15.2 Å². The molecule has 0 aliphatic rings. The van der Waals surface area contributed by atoms with E-state index >= 15 is 0 Å². The molecule has 2 aromatic rings. The molecule has 0 fully saturated rings. The number of hydrogen-bond donors (Lipinski definition) is 2. The van der Waals surface area contributed by atoms with Crippen LogP contribution in [0, 0.1) is 0 Å². The normalized spacial score (nSPS) is 11.3. The molecule has 0 radical (unpaired) electrons. The number of nitrogens with one attached hydrogen (secondary N) is 2. The number of pyridine rings is 1. The van der Waals surface area contributed by atoms with Gasteiger partial charge in [0.15, 0.2) is 0 Å². The van der Waals surface area contributed by atoms with E-state index in [0.717, 1.165) is 23.3 Å². The molecule has 0 atom stereocenters. The van der Waals surface area contributed by atoms with Crippen LogP contribution in [-0.2, 0) is 12.7 Å². The standard InChI is InChI=1S/C13H12F3N3O2S/c1-21-10-3-5-22-11(10)7-18-19-12(20)8-6-17-4-2-9(8)13(14,15)16/h2-6,18H,7H2,1H3,(H,19,20). The molecule has 9 heteroatoms. The van der Waals surface area contributed by atoms with Crippen LogP contribution < -0.4 is 15.6 Å². The van der Waals surface area contributed by atoms with Crippen molar-refractivity contribution in [2.24, 2.45) is 0 Å². The summed E-state index contributed by atoms with van der Waals surface area (Å²) in [6, 6.07) is 2.52. The third kappa shape index (κ3) is 3.74. The predicted octanol–water partition coefficient (Wildman–Crippen LogP) is 2.61. The van der Waals surface area contributed by atoms with Crippen molar-refractivity contribution in [3.05, 3.63) is 45.9 Å². The number of alkyl halides is 3. The molecule has 0 aromatic carbocycles. The third-order valence-electron chi connectivity index (χ3n) is 2.75. The zero-order valence-corrected chi connectivity index (χ0v) is 12.2. The van der Waals surface area contributed by atoms with E-state index in [4.69, 9.17) is 4.74 Å². The van der Waals surface area contributed by atoms with Gasteiger partial charge in [-0.05, 0) is 17.5 Å². The lowest BCUT2D eigenvalue weighted by Crippen LogP contribution is -2.37. The van der Waals surface area contributed by atoms with Gasteiger partial charge >= 0.3 is 6.18 Å². The monoisotopic (exact) mass is 331 g/mol. The Bertz CT molecular complexity index is 658. The molecule has 0 aliphatic heterocycles. The van der Waals surface area contributed by atoms with Gasteiger partial charge in [0.05, 0.1) is 29.7 Å². The summed E-state index contributed by atoms with van der Waals surface area (Å²) in [5, 5.41) is 1.81. The SMILES string of the molecule is COc1ccsc1CNNC(=O)c1cnccc1C(F)(F)F. The Labute approximate surface area is 128 Å². The quantitative estimate of drug-likeness (QED) is 0.827. The molecule has 2 rings (SSSR count). The van der Waals surface area contributed by atoms with Crippen LogP contribution in [0.4, 0.5) is 13.2 Å². The highest BCUT2D eigenvalue weighted by Crippen LogP contribution is 2.31. The lowest BCUT2D eigenvalue weighted by atomic mass is 10.1. The first-order chi connectivity index (χ1) is 10.4. The van der Waals surface area contributed by atoms with Crippen molar-refractivity contribution in [2.75, 3.05) is 7.11 Å². The van der Waals surface area contributed by atoms with Gasteiger partial charge in [0, 0.05) is 12.4 Å². The Morgan fingerprint density at radius 3 is 2.86 bits per heavy atom. The summed E-state index contributed by atoms with van der Waals surface area (Å²) in [7, 11) is 1.51. The lowest BCUT2D eigenvalue weighted by molar-refractivity contribution is -0.138. The predicted molar refractivity (Wildman–Crippen MR) is 74.4 cm³/mol. The first-order valence-electron chi connectivity index (χ1n) is 6.08. The Morgan fingerprint density at radius 1 is 1.41 bits per heavy atom. The summed E-state index contributed by atoms with van der Waals surface area (Å²) in [5.41, 5.74) is 3.23. The van der Waals surface area contributed by atoms with Crippen molar-refractivity contribution in [1.29, 1.82) is 0 Å². The van der Waals surface area contributed by atoms with Crippen molar-refractivity contribution in [2.45, 2.75) is 12.7 Å². The fourth-order valence-corrected chi connectivity index (χ4v) is 2.51. The zero-order valence-electron chi connectivity index (χ0n) is 11.4. The van der Waals surface area contributed by atoms with Crippen LogP contribution in [0.3, 0.4) is 0 Å². The van der Waals surface area contributed by atoms with E-state index in [1.807, 2.05) is 0 Å². The van der Waals surface area contributed by atoms with Crippen LogP contribution in [0.5, 0.6) is 5.75 Å². The van der Waals surface area contributed by atoms with E-state index in [-0.39, 0.29) is 6.54 Å². The van der Waals surface area contributed by atoms with Crippen molar-refractivity contribution in [1.82, 2.24) is 15.8 Å². The fraction of sp³-hybridized carbons (Fsp3) is 0.231. The highest BCUT2D eigenvalue weighted by molar-refractivity contribution is 7.10. The number of amides is 1. The Morgan fingerprint density at radius 2 is 2.18 bits per heavy atom. The number of carbonyl (C=O) groups excluding carboxylic acids is 1. The molecule has 22 heavy (non-hydrogen) atoms. The first kappa shape index (κ1) is 16.2. The van der Waals surface area contributed by atoms with E-state index in [2.05, 4.69) is 15.8 Å². The summed E-state index contributed by atoms with van der Waals surface area (Å²) in [4.78, 5) is 16.2. The molecule has 1 amide bonds. The Kier molecular flexibility index (Phi) is 4.99. The molecule has 2 N–H and O–H groups in total. The molecule has 118 valence electrons. The first-order valence-corrected chi connectivity index (χ1v) is 6.96. The molecule has 0 aliphatic carbocycles. The van der Waals surface area contributed by atoms with E-state index < -0.39 is 23.2 Å². The minimum absolute atomic E-state index is 0.230. The molecule has 0 spiro atoms. The van der Waals surface area contributed by atoms with Gasteiger partial charge in [-0.1, -0.05) is 0 Å². The van der Waals surface area contributed by atoms with Gasteiger partial charge in [-0.15, -0.1) is 11.3 Å². The average molecular weight is 331 g/mol. The summed E-state index contributed by atoms with van der Waals surface area (Å²) in [6.45, 7) is 0.230. The fourth-order valence-electron chi connectivity index (χ4n) is 1.73. The van der Waals surface area contributed by atoms with Crippen molar-refractivity contribution < 1.29 is 22.7 Å². The number of ether oxygens (including phenoxy) is 1.